The lowest BCUT2D eigenvalue weighted by Gasteiger charge is -2.40. The molecule has 1 aromatic carbocycles. The lowest BCUT2D eigenvalue weighted by molar-refractivity contribution is 0.0534. The minimum Gasteiger partial charge on any atom is -0.392 e. The first-order chi connectivity index (χ1) is 7.83. The van der Waals surface area contributed by atoms with Gasteiger partial charge in [0.1, 0.15) is 0 Å². The van der Waals surface area contributed by atoms with Crippen molar-refractivity contribution in [3.05, 3.63) is 35.9 Å². The van der Waals surface area contributed by atoms with Crippen LogP contribution in [0.4, 0.5) is 0 Å². The molecule has 86 valence electrons. The Kier molecular flexibility index (Phi) is 2.70. The van der Waals surface area contributed by atoms with E-state index in [2.05, 4.69) is 35.2 Å². The highest BCUT2D eigenvalue weighted by Gasteiger charge is 2.34. The van der Waals surface area contributed by atoms with Gasteiger partial charge >= 0.3 is 0 Å². The van der Waals surface area contributed by atoms with E-state index >= 15 is 0 Å². The Labute approximate surface area is 96.9 Å². The Morgan fingerprint density at radius 2 is 1.88 bits per heavy atom. The minimum atomic E-state index is -0.0725. The molecule has 1 saturated carbocycles. The number of hydrogen-bond acceptors (Lipinski definition) is 2. The quantitative estimate of drug-likeness (QED) is 0.832. The fraction of sp³-hybridized carbons (Fsp3) is 0.571. The van der Waals surface area contributed by atoms with Gasteiger partial charge in [-0.15, -0.1) is 0 Å². The summed E-state index contributed by atoms with van der Waals surface area (Å²) in [5.74, 6) is 1.29. The van der Waals surface area contributed by atoms with Gasteiger partial charge in [0.2, 0.25) is 0 Å². The maximum absolute atomic E-state index is 9.84. The second-order valence-corrected chi connectivity index (χ2v) is 5.23. The van der Waals surface area contributed by atoms with E-state index in [0.29, 0.717) is 11.8 Å². The number of likely N-dealkylation sites (tertiary alicyclic amines) is 1. The van der Waals surface area contributed by atoms with E-state index in [-0.39, 0.29) is 6.10 Å². The fourth-order valence-electron chi connectivity index (χ4n) is 2.55. The van der Waals surface area contributed by atoms with E-state index in [4.69, 9.17) is 0 Å². The summed E-state index contributed by atoms with van der Waals surface area (Å²) >= 11 is 0. The number of aliphatic hydroxyl groups is 1. The molecule has 2 nitrogen and oxygen atoms in total. The highest BCUT2D eigenvalue weighted by Crippen LogP contribution is 2.34. The number of benzene rings is 1. The minimum absolute atomic E-state index is 0.0725. The predicted octanol–water partition coefficient (Wildman–Crippen LogP) is 1.86. The molecule has 2 fully saturated rings. The van der Waals surface area contributed by atoms with E-state index in [1.54, 1.807) is 0 Å². The van der Waals surface area contributed by atoms with Gasteiger partial charge in [-0.2, -0.15) is 0 Å². The molecule has 3 rings (SSSR count). The molecule has 0 amide bonds. The molecule has 2 aliphatic rings. The highest BCUT2D eigenvalue weighted by molar-refractivity contribution is 5.22. The Hall–Kier alpha value is -0.860. The number of rotatable bonds is 4. The van der Waals surface area contributed by atoms with Crippen molar-refractivity contribution in [1.82, 2.24) is 4.90 Å². The van der Waals surface area contributed by atoms with Crippen molar-refractivity contribution in [1.29, 1.82) is 0 Å². The molecule has 16 heavy (non-hydrogen) atoms. The fourth-order valence-corrected chi connectivity index (χ4v) is 2.55. The highest BCUT2D eigenvalue weighted by atomic mass is 16.3. The van der Waals surface area contributed by atoms with Crippen LogP contribution in [0.15, 0.2) is 30.3 Å². The topological polar surface area (TPSA) is 23.5 Å². The summed E-state index contributed by atoms with van der Waals surface area (Å²) in [7, 11) is 0. The van der Waals surface area contributed by atoms with Crippen molar-refractivity contribution in [2.24, 2.45) is 5.92 Å². The van der Waals surface area contributed by atoms with Crippen LogP contribution in [0, 0.1) is 5.92 Å². The molecule has 1 heterocycles. The van der Waals surface area contributed by atoms with Gasteiger partial charge in [0.25, 0.3) is 0 Å². The van der Waals surface area contributed by atoms with Gasteiger partial charge in [-0.3, -0.25) is 4.90 Å². The number of aliphatic hydroxyl groups excluding tert-OH is 1. The van der Waals surface area contributed by atoms with Crippen LogP contribution in [0.2, 0.25) is 0 Å². The van der Waals surface area contributed by atoms with Gasteiger partial charge in [0.15, 0.2) is 0 Å². The summed E-state index contributed by atoms with van der Waals surface area (Å²) < 4.78 is 0. The molecular weight excluding hydrogens is 198 g/mol. The zero-order valence-corrected chi connectivity index (χ0v) is 9.55. The van der Waals surface area contributed by atoms with Crippen molar-refractivity contribution in [3.8, 4) is 0 Å². The second-order valence-electron chi connectivity index (χ2n) is 5.23. The first kappa shape index (κ1) is 10.3. The zero-order valence-electron chi connectivity index (χ0n) is 9.55. The average Bonchev–Trinajstić information content (AvgIpc) is 3.07. The molecule has 0 bridgehead atoms. The van der Waals surface area contributed by atoms with E-state index in [9.17, 15) is 5.11 Å². The van der Waals surface area contributed by atoms with Gasteiger partial charge in [0, 0.05) is 25.6 Å². The first-order valence-corrected chi connectivity index (χ1v) is 6.28. The Morgan fingerprint density at radius 3 is 2.50 bits per heavy atom. The van der Waals surface area contributed by atoms with Crippen LogP contribution in [0.5, 0.6) is 0 Å². The van der Waals surface area contributed by atoms with Gasteiger partial charge in [-0.05, 0) is 24.3 Å². The molecule has 1 atom stereocenters. The molecule has 0 spiro atoms. The van der Waals surface area contributed by atoms with E-state index < -0.39 is 0 Å². The monoisotopic (exact) mass is 217 g/mol. The Morgan fingerprint density at radius 1 is 1.19 bits per heavy atom. The van der Waals surface area contributed by atoms with Crippen molar-refractivity contribution in [2.75, 3.05) is 19.6 Å². The van der Waals surface area contributed by atoms with Crippen molar-refractivity contribution in [2.45, 2.75) is 24.9 Å². The van der Waals surface area contributed by atoms with Crippen LogP contribution in [-0.4, -0.2) is 35.7 Å². The normalized spacial score (nSPS) is 24.1. The lowest BCUT2D eigenvalue weighted by atomic mass is 9.91. The molecule has 0 aromatic heterocycles. The standard InChI is InChI=1S/C14H19NO/c16-14(12-6-7-12)10-15-8-13(9-15)11-4-2-1-3-5-11/h1-5,12-14,16H,6-10H2. The first-order valence-electron chi connectivity index (χ1n) is 6.28. The predicted molar refractivity (Wildman–Crippen MR) is 64.4 cm³/mol. The van der Waals surface area contributed by atoms with Gasteiger partial charge in [-0.1, -0.05) is 30.3 Å². The van der Waals surface area contributed by atoms with Crippen LogP contribution < -0.4 is 0 Å². The Bertz CT molecular complexity index is 341. The van der Waals surface area contributed by atoms with Gasteiger partial charge < -0.3 is 5.11 Å². The van der Waals surface area contributed by atoms with E-state index in [1.807, 2.05) is 0 Å². The third-order valence-electron chi connectivity index (χ3n) is 3.84. The van der Waals surface area contributed by atoms with Crippen LogP contribution in [0.25, 0.3) is 0 Å². The molecule has 1 unspecified atom stereocenters. The molecule has 2 heteroatoms. The number of hydrogen-bond donors (Lipinski definition) is 1. The molecule has 1 aromatic rings. The summed E-state index contributed by atoms with van der Waals surface area (Å²) in [6, 6.07) is 10.7. The average molecular weight is 217 g/mol. The summed E-state index contributed by atoms with van der Waals surface area (Å²) in [4.78, 5) is 2.38. The van der Waals surface area contributed by atoms with Gasteiger partial charge in [0.05, 0.1) is 6.10 Å². The lowest BCUT2D eigenvalue weighted by Crippen LogP contribution is -2.48. The van der Waals surface area contributed by atoms with E-state index in [0.717, 1.165) is 19.6 Å². The smallest absolute Gasteiger partial charge is 0.0695 e. The molecule has 1 aliphatic carbocycles. The number of nitrogens with zero attached hydrogens (tertiary/aromatic N) is 1. The molecule has 1 aliphatic heterocycles. The molecular formula is C14H19NO. The molecule has 1 N–H and O–H groups in total. The maximum atomic E-state index is 9.84. The van der Waals surface area contributed by atoms with Crippen LogP contribution in [0.1, 0.15) is 24.3 Å². The van der Waals surface area contributed by atoms with Crippen molar-refractivity contribution in [3.63, 3.8) is 0 Å². The zero-order chi connectivity index (χ0) is 11.0. The third-order valence-corrected chi connectivity index (χ3v) is 3.84. The van der Waals surface area contributed by atoms with E-state index in [1.165, 1.54) is 18.4 Å². The van der Waals surface area contributed by atoms with Gasteiger partial charge in [-0.25, -0.2) is 0 Å². The van der Waals surface area contributed by atoms with Crippen LogP contribution >= 0.6 is 0 Å². The molecule has 0 radical (unpaired) electrons. The van der Waals surface area contributed by atoms with Crippen molar-refractivity contribution >= 4 is 0 Å². The van der Waals surface area contributed by atoms with Crippen LogP contribution in [-0.2, 0) is 0 Å². The summed E-state index contributed by atoms with van der Waals surface area (Å²) in [6.45, 7) is 3.12. The number of β-amino-alcohol motifs (C(OH)–C–C–N with tert-alkyl or cyclic N) is 1. The summed E-state index contributed by atoms with van der Waals surface area (Å²) in [5, 5.41) is 9.84. The second kappa shape index (κ2) is 4.19. The third kappa shape index (κ3) is 2.13. The maximum Gasteiger partial charge on any atom is 0.0695 e. The SMILES string of the molecule is OC(CN1CC(c2ccccc2)C1)C1CC1. The largest absolute Gasteiger partial charge is 0.392 e. The van der Waals surface area contributed by atoms with Crippen LogP contribution in [0.3, 0.4) is 0 Å². The summed E-state index contributed by atoms with van der Waals surface area (Å²) in [6.07, 6.45) is 2.39. The van der Waals surface area contributed by atoms with Crippen molar-refractivity contribution < 1.29 is 5.11 Å². The summed E-state index contributed by atoms with van der Waals surface area (Å²) in [5.41, 5.74) is 1.44. The molecule has 1 saturated heterocycles. The Balaban J connectivity index is 1.47.